The molecule has 3 rings (SSSR count). The molecule has 2 aromatic carbocycles. The number of hydrazone groups is 1. The zero-order valence-corrected chi connectivity index (χ0v) is 14.1. The van der Waals surface area contributed by atoms with Crippen molar-refractivity contribution in [3.8, 4) is 11.3 Å². The summed E-state index contributed by atoms with van der Waals surface area (Å²) in [6.45, 7) is 0. The number of nitrogens with one attached hydrogen (secondary N) is 1. The summed E-state index contributed by atoms with van der Waals surface area (Å²) in [4.78, 5) is 32.3. The number of nitrogens with zero attached hydrogens (tertiary/aromatic N) is 3. The van der Waals surface area contributed by atoms with Crippen LogP contribution in [0.25, 0.3) is 11.3 Å². The third-order valence-corrected chi connectivity index (χ3v) is 3.67. The van der Waals surface area contributed by atoms with Crippen LogP contribution < -0.4 is 5.43 Å². The van der Waals surface area contributed by atoms with E-state index >= 15 is 0 Å². The minimum atomic E-state index is -0.560. The molecular formula is C18H12N4O6. The van der Waals surface area contributed by atoms with Gasteiger partial charge in [-0.15, -0.1) is 0 Å². The smallest absolute Gasteiger partial charge is 0.271 e. The number of carbonyl (C=O) groups excluding carboxylic acids is 1. The van der Waals surface area contributed by atoms with E-state index in [9.17, 15) is 25.0 Å². The lowest BCUT2D eigenvalue weighted by molar-refractivity contribution is -0.385. The van der Waals surface area contributed by atoms with Gasteiger partial charge in [0.2, 0.25) is 0 Å². The summed E-state index contributed by atoms with van der Waals surface area (Å²) in [6, 6.07) is 14.3. The summed E-state index contributed by atoms with van der Waals surface area (Å²) in [5, 5.41) is 25.2. The molecule has 0 saturated heterocycles. The number of rotatable bonds is 6. The van der Waals surface area contributed by atoms with E-state index in [4.69, 9.17) is 4.42 Å². The van der Waals surface area contributed by atoms with Crippen molar-refractivity contribution < 1.29 is 19.1 Å². The molecule has 0 fully saturated rings. The normalized spacial score (nSPS) is 10.7. The lowest BCUT2D eigenvalue weighted by Gasteiger charge is -1.99. The quantitative estimate of drug-likeness (QED) is 0.394. The van der Waals surface area contributed by atoms with Gasteiger partial charge in [-0.2, -0.15) is 5.10 Å². The number of hydrogen-bond donors (Lipinski definition) is 1. The molecule has 1 aromatic heterocycles. The standard InChI is InChI=1S/C18H12N4O6/c23-18(12-4-6-14(7-5-12)21(24)25)20-19-11-16-8-9-17(28-16)13-2-1-3-15(10-13)22(26)27/h1-11H,(H,20,23). The zero-order valence-electron chi connectivity index (χ0n) is 14.1. The zero-order chi connectivity index (χ0) is 20.1. The van der Waals surface area contributed by atoms with Crippen LogP contribution in [0.1, 0.15) is 16.1 Å². The Kier molecular flexibility index (Phi) is 5.21. The molecule has 1 heterocycles. The van der Waals surface area contributed by atoms with Gasteiger partial charge in [0.25, 0.3) is 17.3 Å². The number of nitro benzene ring substituents is 2. The highest BCUT2D eigenvalue weighted by Crippen LogP contribution is 2.25. The second kappa shape index (κ2) is 7.91. The summed E-state index contributed by atoms with van der Waals surface area (Å²) < 4.78 is 5.54. The predicted molar refractivity (Wildman–Crippen MR) is 99.0 cm³/mol. The largest absolute Gasteiger partial charge is 0.455 e. The summed E-state index contributed by atoms with van der Waals surface area (Å²) in [5.41, 5.74) is 2.84. The van der Waals surface area contributed by atoms with E-state index in [0.29, 0.717) is 17.1 Å². The summed E-state index contributed by atoms with van der Waals surface area (Å²) >= 11 is 0. The Morgan fingerprint density at radius 2 is 1.68 bits per heavy atom. The lowest BCUT2D eigenvalue weighted by atomic mass is 10.1. The van der Waals surface area contributed by atoms with Crippen LogP contribution in [0, 0.1) is 20.2 Å². The minimum absolute atomic E-state index is 0.0560. The van der Waals surface area contributed by atoms with Gasteiger partial charge in [-0.05, 0) is 24.3 Å². The van der Waals surface area contributed by atoms with Crippen molar-refractivity contribution in [1.29, 1.82) is 0 Å². The molecule has 0 spiro atoms. The maximum Gasteiger partial charge on any atom is 0.271 e. The number of nitro groups is 2. The van der Waals surface area contributed by atoms with Crippen molar-refractivity contribution in [2.75, 3.05) is 0 Å². The first-order valence-electron chi connectivity index (χ1n) is 7.86. The van der Waals surface area contributed by atoms with E-state index in [1.54, 1.807) is 24.3 Å². The van der Waals surface area contributed by atoms with E-state index in [1.165, 1.54) is 42.6 Å². The molecule has 0 atom stereocenters. The van der Waals surface area contributed by atoms with Crippen LogP contribution >= 0.6 is 0 Å². The average molecular weight is 380 g/mol. The third-order valence-electron chi connectivity index (χ3n) is 3.67. The van der Waals surface area contributed by atoms with E-state index < -0.39 is 15.8 Å². The molecule has 10 heteroatoms. The molecule has 1 amide bonds. The molecule has 28 heavy (non-hydrogen) atoms. The molecule has 1 N–H and O–H groups in total. The number of furan rings is 1. The molecule has 10 nitrogen and oxygen atoms in total. The van der Waals surface area contributed by atoms with Crippen molar-refractivity contribution in [3.05, 3.63) is 92.2 Å². The number of non-ortho nitro benzene ring substituents is 2. The highest BCUT2D eigenvalue weighted by atomic mass is 16.6. The molecular weight excluding hydrogens is 368 g/mol. The van der Waals surface area contributed by atoms with Crippen LogP contribution in [0.2, 0.25) is 0 Å². The third kappa shape index (κ3) is 4.25. The van der Waals surface area contributed by atoms with Gasteiger partial charge in [0.1, 0.15) is 11.5 Å². The van der Waals surface area contributed by atoms with Crippen LogP contribution in [0.4, 0.5) is 11.4 Å². The fraction of sp³-hybridized carbons (Fsp3) is 0. The Labute approximate surface area is 157 Å². The Morgan fingerprint density at radius 1 is 0.964 bits per heavy atom. The molecule has 0 aliphatic heterocycles. The number of benzene rings is 2. The van der Waals surface area contributed by atoms with Gasteiger partial charge < -0.3 is 4.42 Å². The Bertz CT molecular complexity index is 1070. The van der Waals surface area contributed by atoms with Crippen molar-refractivity contribution in [1.82, 2.24) is 5.43 Å². The van der Waals surface area contributed by atoms with Gasteiger partial charge in [-0.25, -0.2) is 5.43 Å². The van der Waals surface area contributed by atoms with Gasteiger partial charge in [-0.1, -0.05) is 12.1 Å². The van der Waals surface area contributed by atoms with Crippen LogP contribution in [0.3, 0.4) is 0 Å². The Morgan fingerprint density at radius 3 is 2.36 bits per heavy atom. The van der Waals surface area contributed by atoms with E-state index in [2.05, 4.69) is 10.5 Å². The van der Waals surface area contributed by atoms with Crippen molar-refractivity contribution in [2.24, 2.45) is 5.10 Å². The van der Waals surface area contributed by atoms with Crippen LogP contribution in [-0.2, 0) is 0 Å². The number of amides is 1. The Hall–Kier alpha value is -4.34. The second-order valence-electron chi connectivity index (χ2n) is 5.51. The number of carbonyl (C=O) groups is 1. The maximum absolute atomic E-state index is 12.0. The maximum atomic E-state index is 12.0. The van der Waals surface area contributed by atoms with Crippen LogP contribution in [0.5, 0.6) is 0 Å². The lowest BCUT2D eigenvalue weighted by Crippen LogP contribution is -2.17. The summed E-state index contributed by atoms with van der Waals surface area (Å²) in [6.07, 6.45) is 1.27. The van der Waals surface area contributed by atoms with E-state index in [-0.39, 0.29) is 16.9 Å². The van der Waals surface area contributed by atoms with E-state index in [1.807, 2.05) is 0 Å². The SMILES string of the molecule is O=C(NN=Cc1ccc(-c2cccc([N+](=O)[O-])c2)o1)c1ccc([N+](=O)[O-])cc1. The monoisotopic (exact) mass is 380 g/mol. The van der Waals surface area contributed by atoms with Crippen molar-refractivity contribution in [2.45, 2.75) is 0 Å². The summed E-state index contributed by atoms with van der Waals surface area (Å²) in [5.74, 6) is 0.189. The van der Waals surface area contributed by atoms with Crippen LogP contribution in [0.15, 0.2) is 70.2 Å². The first-order valence-corrected chi connectivity index (χ1v) is 7.86. The van der Waals surface area contributed by atoms with Gasteiger partial charge in [0.05, 0.1) is 16.1 Å². The molecule has 140 valence electrons. The molecule has 0 unspecified atom stereocenters. The van der Waals surface area contributed by atoms with E-state index in [0.717, 1.165) is 0 Å². The first kappa shape index (κ1) is 18.5. The van der Waals surface area contributed by atoms with Gasteiger partial charge in [-0.3, -0.25) is 25.0 Å². The van der Waals surface area contributed by atoms with Gasteiger partial charge >= 0.3 is 0 Å². The molecule has 0 radical (unpaired) electrons. The highest BCUT2D eigenvalue weighted by Gasteiger charge is 2.10. The summed E-state index contributed by atoms with van der Waals surface area (Å²) in [7, 11) is 0. The highest BCUT2D eigenvalue weighted by molar-refractivity contribution is 5.94. The number of hydrogen-bond acceptors (Lipinski definition) is 7. The van der Waals surface area contributed by atoms with Crippen molar-refractivity contribution in [3.63, 3.8) is 0 Å². The first-order chi connectivity index (χ1) is 13.4. The van der Waals surface area contributed by atoms with Crippen LogP contribution in [-0.4, -0.2) is 22.0 Å². The fourth-order valence-electron chi connectivity index (χ4n) is 2.30. The van der Waals surface area contributed by atoms with Gasteiger partial charge in [0, 0.05) is 35.4 Å². The molecule has 0 bridgehead atoms. The average Bonchev–Trinajstić information content (AvgIpc) is 3.17. The molecule has 0 aliphatic carbocycles. The molecule has 3 aromatic rings. The fourth-order valence-corrected chi connectivity index (χ4v) is 2.30. The second-order valence-corrected chi connectivity index (χ2v) is 5.51. The minimum Gasteiger partial charge on any atom is -0.455 e. The molecule has 0 aliphatic rings. The van der Waals surface area contributed by atoms with Gasteiger partial charge in [0.15, 0.2) is 0 Å². The molecule has 0 saturated carbocycles. The predicted octanol–water partition coefficient (Wildman–Crippen LogP) is 3.53. The van der Waals surface area contributed by atoms with Crippen molar-refractivity contribution >= 4 is 23.5 Å². The topological polar surface area (TPSA) is 141 Å². The Balaban J connectivity index is 1.65.